The van der Waals surface area contributed by atoms with E-state index >= 15 is 0 Å². The fourth-order valence-electron chi connectivity index (χ4n) is 1.27. The maximum absolute atomic E-state index is 11.9. The molecule has 6 nitrogen and oxygen atoms in total. The van der Waals surface area contributed by atoms with Crippen molar-refractivity contribution < 1.29 is 23.1 Å². The number of nitrogens with one attached hydrogen (secondary N) is 1. The van der Waals surface area contributed by atoms with Crippen molar-refractivity contribution in [2.45, 2.75) is 4.90 Å². The number of benzene rings is 1. The minimum atomic E-state index is -3.75. The van der Waals surface area contributed by atoms with Crippen LogP contribution in [0.25, 0.3) is 0 Å². The van der Waals surface area contributed by atoms with Crippen molar-refractivity contribution in [2.75, 3.05) is 13.7 Å². The van der Waals surface area contributed by atoms with E-state index < -0.39 is 16.0 Å². The zero-order valence-corrected chi connectivity index (χ0v) is 10.5. The molecule has 18 heavy (non-hydrogen) atoms. The average molecular weight is 271 g/mol. The highest BCUT2D eigenvalue weighted by atomic mass is 32.2. The van der Waals surface area contributed by atoms with E-state index in [-0.39, 0.29) is 22.8 Å². The van der Waals surface area contributed by atoms with Gasteiger partial charge in [-0.3, -0.25) is 0 Å². The van der Waals surface area contributed by atoms with Gasteiger partial charge in [-0.05, 0) is 18.2 Å². The Labute approximate surface area is 105 Å². The molecule has 0 atom stereocenters. The van der Waals surface area contributed by atoms with Gasteiger partial charge in [0.2, 0.25) is 10.0 Å². The molecule has 0 amide bonds. The molecule has 0 fully saturated rings. The first-order valence-corrected chi connectivity index (χ1v) is 6.42. The maximum Gasteiger partial charge on any atom is 0.335 e. The lowest BCUT2D eigenvalue weighted by atomic mass is 10.2. The normalized spacial score (nSPS) is 10.9. The minimum Gasteiger partial charge on any atom is -0.495 e. The van der Waals surface area contributed by atoms with Crippen molar-refractivity contribution in [2.24, 2.45) is 0 Å². The van der Waals surface area contributed by atoms with Crippen LogP contribution in [-0.4, -0.2) is 33.1 Å². The molecule has 7 heteroatoms. The number of sulfonamides is 1. The second-order valence-corrected chi connectivity index (χ2v) is 5.05. The number of rotatable bonds is 6. The van der Waals surface area contributed by atoms with Crippen molar-refractivity contribution in [3.05, 3.63) is 36.4 Å². The highest BCUT2D eigenvalue weighted by molar-refractivity contribution is 7.89. The quantitative estimate of drug-likeness (QED) is 0.748. The molecular weight excluding hydrogens is 258 g/mol. The second kappa shape index (κ2) is 5.65. The van der Waals surface area contributed by atoms with Crippen LogP contribution in [0.15, 0.2) is 35.7 Å². The number of aromatic carboxylic acids is 1. The zero-order chi connectivity index (χ0) is 13.8. The minimum absolute atomic E-state index is 0.0218. The van der Waals surface area contributed by atoms with Crippen LogP contribution < -0.4 is 9.46 Å². The molecule has 1 aromatic carbocycles. The Hall–Kier alpha value is -1.86. The predicted octanol–water partition coefficient (Wildman–Crippen LogP) is 0.858. The largest absolute Gasteiger partial charge is 0.495 e. The summed E-state index contributed by atoms with van der Waals surface area (Å²) in [7, 11) is -2.48. The van der Waals surface area contributed by atoms with Crippen LogP contribution >= 0.6 is 0 Å². The Bertz CT molecular complexity index is 565. The number of hydrogen-bond acceptors (Lipinski definition) is 4. The first-order valence-electron chi connectivity index (χ1n) is 4.94. The Morgan fingerprint density at radius 2 is 2.22 bits per heavy atom. The van der Waals surface area contributed by atoms with Crippen molar-refractivity contribution in [3.63, 3.8) is 0 Å². The van der Waals surface area contributed by atoms with Gasteiger partial charge in [0.1, 0.15) is 10.6 Å². The fraction of sp³-hybridized carbons (Fsp3) is 0.182. The van der Waals surface area contributed by atoms with E-state index in [0.717, 1.165) is 6.07 Å². The summed E-state index contributed by atoms with van der Waals surface area (Å²) in [6.45, 7) is 3.48. The van der Waals surface area contributed by atoms with Gasteiger partial charge in [0.15, 0.2) is 0 Å². The summed E-state index contributed by atoms with van der Waals surface area (Å²) in [4.78, 5) is 10.7. The van der Waals surface area contributed by atoms with Crippen LogP contribution in [0.1, 0.15) is 10.4 Å². The molecule has 0 aromatic heterocycles. The Kier molecular flexibility index (Phi) is 4.46. The fourth-order valence-corrected chi connectivity index (χ4v) is 2.42. The topological polar surface area (TPSA) is 92.7 Å². The number of carboxylic acids is 1. The molecule has 0 heterocycles. The standard InChI is InChI=1S/C11H13NO5S/c1-3-6-12-18(15,16)10-5-4-8(11(13)14)7-9(10)17-2/h3-5,7,12H,1,6H2,2H3,(H,13,14). The molecule has 1 rings (SSSR count). The summed E-state index contributed by atoms with van der Waals surface area (Å²) >= 11 is 0. The summed E-state index contributed by atoms with van der Waals surface area (Å²) < 4.78 is 30.9. The smallest absolute Gasteiger partial charge is 0.335 e. The third-order valence-electron chi connectivity index (χ3n) is 2.12. The number of ether oxygens (including phenoxy) is 1. The molecular formula is C11H13NO5S. The van der Waals surface area contributed by atoms with E-state index in [9.17, 15) is 13.2 Å². The van der Waals surface area contributed by atoms with Crippen molar-refractivity contribution >= 4 is 16.0 Å². The number of methoxy groups -OCH3 is 1. The van der Waals surface area contributed by atoms with Gasteiger partial charge in [-0.2, -0.15) is 0 Å². The lowest BCUT2D eigenvalue weighted by molar-refractivity contribution is 0.0696. The summed E-state index contributed by atoms with van der Waals surface area (Å²) in [6.07, 6.45) is 1.40. The van der Waals surface area contributed by atoms with Gasteiger partial charge in [-0.15, -0.1) is 6.58 Å². The van der Waals surface area contributed by atoms with Crippen LogP contribution in [-0.2, 0) is 10.0 Å². The lowest BCUT2D eigenvalue weighted by Gasteiger charge is -2.10. The molecule has 1 aromatic rings. The molecule has 0 aliphatic heterocycles. The third-order valence-corrected chi connectivity index (χ3v) is 3.58. The van der Waals surface area contributed by atoms with E-state index in [2.05, 4.69) is 11.3 Å². The first kappa shape index (κ1) is 14.2. The Balaban J connectivity index is 3.24. The summed E-state index contributed by atoms with van der Waals surface area (Å²) in [5, 5.41) is 8.81. The molecule has 2 N–H and O–H groups in total. The van der Waals surface area contributed by atoms with Gasteiger partial charge in [-0.25, -0.2) is 17.9 Å². The summed E-state index contributed by atoms with van der Waals surface area (Å²) in [5.74, 6) is -1.18. The highest BCUT2D eigenvalue weighted by Crippen LogP contribution is 2.24. The Morgan fingerprint density at radius 3 is 2.72 bits per heavy atom. The summed E-state index contributed by atoms with van der Waals surface area (Å²) in [6, 6.07) is 3.55. The van der Waals surface area contributed by atoms with E-state index in [1.54, 1.807) is 0 Å². The lowest BCUT2D eigenvalue weighted by Crippen LogP contribution is -2.24. The molecule has 0 spiro atoms. The molecule has 0 unspecified atom stereocenters. The van der Waals surface area contributed by atoms with Gasteiger partial charge >= 0.3 is 5.97 Å². The molecule has 0 bridgehead atoms. The molecule has 0 aliphatic rings. The van der Waals surface area contributed by atoms with Gasteiger partial charge in [-0.1, -0.05) is 6.08 Å². The number of carboxylic acid groups (broad SMARTS) is 1. The van der Waals surface area contributed by atoms with Gasteiger partial charge in [0.25, 0.3) is 0 Å². The zero-order valence-electron chi connectivity index (χ0n) is 9.71. The Morgan fingerprint density at radius 1 is 1.56 bits per heavy atom. The van der Waals surface area contributed by atoms with Crippen molar-refractivity contribution in [1.29, 1.82) is 0 Å². The number of hydrogen-bond donors (Lipinski definition) is 2. The van der Waals surface area contributed by atoms with E-state index in [1.165, 1.54) is 25.3 Å². The van der Waals surface area contributed by atoms with Gasteiger partial charge in [0.05, 0.1) is 12.7 Å². The van der Waals surface area contributed by atoms with Crippen LogP contribution in [0, 0.1) is 0 Å². The SMILES string of the molecule is C=CCNS(=O)(=O)c1ccc(C(=O)O)cc1OC. The van der Waals surface area contributed by atoms with Crippen molar-refractivity contribution in [1.82, 2.24) is 4.72 Å². The second-order valence-electron chi connectivity index (χ2n) is 3.31. The van der Waals surface area contributed by atoms with E-state index in [0.29, 0.717) is 0 Å². The summed E-state index contributed by atoms with van der Waals surface area (Å²) in [5.41, 5.74) is -0.0467. The highest BCUT2D eigenvalue weighted by Gasteiger charge is 2.20. The van der Waals surface area contributed by atoms with Gasteiger partial charge in [0, 0.05) is 6.54 Å². The van der Waals surface area contributed by atoms with Crippen LogP contribution in [0.4, 0.5) is 0 Å². The molecule has 0 radical (unpaired) electrons. The van der Waals surface area contributed by atoms with E-state index in [1.807, 2.05) is 0 Å². The van der Waals surface area contributed by atoms with Crippen LogP contribution in [0.5, 0.6) is 5.75 Å². The van der Waals surface area contributed by atoms with Crippen molar-refractivity contribution in [3.8, 4) is 5.75 Å². The molecule has 0 aliphatic carbocycles. The molecule has 0 saturated carbocycles. The maximum atomic E-state index is 11.9. The number of carbonyl (C=O) groups is 1. The van der Waals surface area contributed by atoms with E-state index in [4.69, 9.17) is 9.84 Å². The molecule has 0 saturated heterocycles. The average Bonchev–Trinajstić information content (AvgIpc) is 2.35. The predicted molar refractivity (Wildman–Crippen MR) is 65.3 cm³/mol. The molecule has 98 valence electrons. The van der Waals surface area contributed by atoms with Crippen LogP contribution in [0.3, 0.4) is 0 Å². The monoisotopic (exact) mass is 271 g/mol. The third kappa shape index (κ3) is 3.08. The van der Waals surface area contributed by atoms with Gasteiger partial charge < -0.3 is 9.84 Å². The van der Waals surface area contributed by atoms with Crippen LogP contribution in [0.2, 0.25) is 0 Å². The first-order chi connectivity index (χ1) is 8.42.